The van der Waals surface area contributed by atoms with E-state index in [1.165, 1.54) is 0 Å². The van der Waals surface area contributed by atoms with Crippen molar-refractivity contribution in [3.05, 3.63) is 24.0 Å². The van der Waals surface area contributed by atoms with Gasteiger partial charge < -0.3 is 9.30 Å². The summed E-state index contributed by atoms with van der Waals surface area (Å²) in [6, 6.07) is 6.01. The number of hydrogen-bond acceptors (Lipinski definition) is 2. The lowest BCUT2D eigenvalue weighted by atomic mass is 10.3. The molecule has 0 aliphatic heterocycles. The molecule has 3 nitrogen and oxygen atoms in total. The van der Waals surface area contributed by atoms with Crippen molar-refractivity contribution in [2.75, 3.05) is 0 Å². The second kappa shape index (κ2) is 5.19. The van der Waals surface area contributed by atoms with Crippen molar-refractivity contribution in [2.24, 2.45) is 0 Å². The first-order valence-corrected chi connectivity index (χ1v) is 6.77. The Morgan fingerprint density at radius 3 is 2.61 bits per heavy atom. The Labute approximate surface area is 113 Å². The first-order valence-electron chi connectivity index (χ1n) is 6.33. The van der Waals surface area contributed by atoms with E-state index in [1.54, 1.807) is 0 Å². The first-order chi connectivity index (χ1) is 8.52. The van der Waals surface area contributed by atoms with E-state index in [2.05, 4.69) is 16.5 Å². The molecular weight excluding hydrogens is 248 g/mol. The molecule has 0 amide bonds. The zero-order chi connectivity index (χ0) is 13.3. The van der Waals surface area contributed by atoms with E-state index in [0.29, 0.717) is 0 Å². The van der Waals surface area contributed by atoms with Crippen LogP contribution >= 0.6 is 11.6 Å². The maximum absolute atomic E-state index is 6.17. The summed E-state index contributed by atoms with van der Waals surface area (Å²) < 4.78 is 7.83. The largest absolute Gasteiger partial charge is 0.491 e. The number of nitrogens with zero attached hydrogens (tertiary/aromatic N) is 2. The van der Waals surface area contributed by atoms with Crippen molar-refractivity contribution in [2.45, 2.75) is 45.7 Å². The summed E-state index contributed by atoms with van der Waals surface area (Å²) in [5.74, 6) is 1.77. The number of rotatable bonds is 4. The molecule has 18 heavy (non-hydrogen) atoms. The van der Waals surface area contributed by atoms with Crippen LogP contribution < -0.4 is 4.74 Å². The lowest BCUT2D eigenvalue weighted by molar-refractivity contribution is 0.242. The van der Waals surface area contributed by atoms with E-state index in [-0.39, 0.29) is 11.5 Å². The fraction of sp³-hybridized carbons (Fsp3) is 0.500. The molecule has 1 unspecified atom stereocenters. The molecule has 0 saturated heterocycles. The van der Waals surface area contributed by atoms with Gasteiger partial charge in [-0.3, -0.25) is 0 Å². The number of hydrogen-bond donors (Lipinski definition) is 0. The van der Waals surface area contributed by atoms with Crippen LogP contribution in [0.25, 0.3) is 11.0 Å². The van der Waals surface area contributed by atoms with Gasteiger partial charge in [-0.05, 0) is 39.8 Å². The molecule has 0 N–H and O–H groups in total. The Kier molecular flexibility index (Phi) is 3.81. The topological polar surface area (TPSA) is 27.1 Å². The van der Waals surface area contributed by atoms with Gasteiger partial charge in [-0.2, -0.15) is 0 Å². The van der Waals surface area contributed by atoms with Gasteiger partial charge in [-0.15, -0.1) is 11.6 Å². The van der Waals surface area contributed by atoms with Crippen molar-refractivity contribution in [1.82, 2.24) is 9.55 Å². The van der Waals surface area contributed by atoms with E-state index in [1.807, 2.05) is 39.0 Å². The molecule has 0 saturated carbocycles. The van der Waals surface area contributed by atoms with Crippen molar-refractivity contribution in [3.8, 4) is 5.75 Å². The SMILES string of the molecule is CCn1c(C(C)Cl)nc2cc(OC(C)C)ccc21. The number of halogens is 1. The lowest BCUT2D eigenvalue weighted by Gasteiger charge is -2.09. The molecule has 1 heterocycles. The highest BCUT2D eigenvalue weighted by molar-refractivity contribution is 6.20. The van der Waals surface area contributed by atoms with Crippen LogP contribution in [0.3, 0.4) is 0 Å². The summed E-state index contributed by atoms with van der Waals surface area (Å²) in [5, 5.41) is -0.0909. The Balaban J connectivity index is 2.51. The average Bonchev–Trinajstić information content (AvgIpc) is 2.65. The number of benzene rings is 1. The molecule has 0 aliphatic rings. The number of fused-ring (bicyclic) bond motifs is 1. The highest BCUT2D eigenvalue weighted by atomic mass is 35.5. The summed E-state index contributed by atoms with van der Waals surface area (Å²) in [7, 11) is 0. The maximum atomic E-state index is 6.17. The van der Waals surface area contributed by atoms with Gasteiger partial charge in [0, 0.05) is 12.6 Å². The van der Waals surface area contributed by atoms with Crippen LogP contribution in [0, 0.1) is 0 Å². The van der Waals surface area contributed by atoms with Crippen LogP contribution in [0.15, 0.2) is 18.2 Å². The van der Waals surface area contributed by atoms with Gasteiger partial charge in [0.1, 0.15) is 11.6 Å². The third-order valence-electron chi connectivity index (χ3n) is 2.79. The fourth-order valence-electron chi connectivity index (χ4n) is 2.11. The van der Waals surface area contributed by atoms with Crippen molar-refractivity contribution in [3.63, 3.8) is 0 Å². The van der Waals surface area contributed by atoms with Crippen LogP contribution in [-0.2, 0) is 6.54 Å². The molecule has 98 valence electrons. The zero-order valence-electron chi connectivity index (χ0n) is 11.3. The van der Waals surface area contributed by atoms with E-state index in [4.69, 9.17) is 16.3 Å². The number of ether oxygens (including phenoxy) is 1. The first kappa shape index (κ1) is 13.2. The number of aromatic nitrogens is 2. The quantitative estimate of drug-likeness (QED) is 0.778. The van der Waals surface area contributed by atoms with Gasteiger partial charge in [0.2, 0.25) is 0 Å². The molecule has 1 aromatic carbocycles. The molecule has 0 bridgehead atoms. The second-order valence-corrected chi connectivity index (χ2v) is 5.30. The molecule has 4 heteroatoms. The van der Waals surface area contributed by atoms with Gasteiger partial charge in [0.05, 0.1) is 22.5 Å². The Hall–Kier alpha value is -1.22. The van der Waals surface area contributed by atoms with Gasteiger partial charge >= 0.3 is 0 Å². The molecule has 2 aromatic rings. The highest BCUT2D eigenvalue weighted by Gasteiger charge is 2.14. The number of imidazole rings is 1. The van der Waals surface area contributed by atoms with E-state index in [9.17, 15) is 0 Å². The smallest absolute Gasteiger partial charge is 0.127 e. The summed E-state index contributed by atoms with van der Waals surface area (Å²) in [6.45, 7) is 8.94. The Bertz CT molecular complexity index is 546. The van der Waals surface area contributed by atoms with Gasteiger partial charge in [0.25, 0.3) is 0 Å². The maximum Gasteiger partial charge on any atom is 0.127 e. The van der Waals surface area contributed by atoms with Crippen molar-refractivity contribution >= 4 is 22.6 Å². The third-order valence-corrected chi connectivity index (χ3v) is 2.99. The predicted octanol–water partition coefficient (Wildman–Crippen LogP) is 4.14. The van der Waals surface area contributed by atoms with Gasteiger partial charge in [-0.25, -0.2) is 4.98 Å². The van der Waals surface area contributed by atoms with Crippen LogP contribution in [0.4, 0.5) is 0 Å². The molecular formula is C14H19ClN2O. The fourth-order valence-corrected chi connectivity index (χ4v) is 2.28. The van der Waals surface area contributed by atoms with E-state index < -0.39 is 0 Å². The second-order valence-electron chi connectivity index (χ2n) is 4.65. The van der Waals surface area contributed by atoms with E-state index >= 15 is 0 Å². The summed E-state index contributed by atoms with van der Waals surface area (Å²) in [6.07, 6.45) is 0.169. The molecule has 1 aromatic heterocycles. The summed E-state index contributed by atoms with van der Waals surface area (Å²) >= 11 is 6.17. The zero-order valence-corrected chi connectivity index (χ0v) is 12.0. The molecule has 0 fully saturated rings. The molecule has 0 spiro atoms. The van der Waals surface area contributed by atoms with Crippen LogP contribution in [0.1, 0.15) is 38.9 Å². The minimum absolute atomic E-state index is 0.0909. The summed E-state index contributed by atoms with van der Waals surface area (Å²) in [4.78, 5) is 4.60. The van der Waals surface area contributed by atoms with Crippen molar-refractivity contribution < 1.29 is 4.74 Å². The minimum atomic E-state index is -0.0909. The minimum Gasteiger partial charge on any atom is -0.491 e. The lowest BCUT2D eigenvalue weighted by Crippen LogP contribution is -2.05. The molecule has 1 atom stereocenters. The Morgan fingerprint density at radius 2 is 2.06 bits per heavy atom. The van der Waals surface area contributed by atoms with Crippen LogP contribution in [0.5, 0.6) is 5.75 Å². The van der Waals surface area contributed by atoms with Crippen LogP contribution in [0.2, 0.25) is 0 Å². The van der Waals surface area contributed by atoms with Crippen molar-refractivity contribution in [1.29, 1.82) is 0 Å². The number of alkyl halides is 1. The molecule has 0 radical (unpaired) electrons. The van der Waals surface area contributed by atoms with E-state index in [0.717, 1.165) is 29.2 Å². The van der Waals surface area contributed by atoms with Crippen LogP contribution in [-0.4, -0.2) is 15.7 Å². The third kappa shape index (κ3) is 2.46. The van der Waals surface area contributed by atoms with Gasteiger partial charge in [-0.1, -0.05) is 0 Å². The molecule has 2 rings (SSSR count). The number of aryl methyl sites for hydroxylation is 1. The van der Waals surface area contributed by atoms with Gasteiger partial charge in [0.15, 0.2) is 0 Å². The predicted molar refractivity (Wildman–Crippen MR) is 75.4 cm³/mol. The summed E-state index contributed by atoms with van der Waals surface area (Å²) in [5.41, 5.74) is 2.05. The standard InChI is InChI=1S/C14H19ClN2O/c1-5-17-13-7-6-11(18-9(2)3)8-12(13)16-14(17)10(4)15/h6-10H,5H2,1-4H3. The highest BCUT2D eigenvalue weighted by Crippen LogP contribution is 2.27. The monoisotopic (exact) mass is 266 g/mol. The average molecular weight is 267 g/mol. The Morgan fingerprint density at radius 1 is 1.33 bits per heavy atom. The molecule has 0 aliphatic carbocycles. The normalized spacial score (nSPS) is 13.2.